The Morgan fingerprint density at radius 3 is 2.68 bits per heavy atom. The van der Waals surface area contributed by atoms with Gasteiger partial charge < -0.3 is 5.32 Å². The van der Waals surface area contributed by atoms with Gasteiger partial charge in [0, 0.05) is 24.8 Å². The van der Waals surface area contributed by atoms with Crippen LogP contribution < -0.4 is 5.32 Å². The predicted octanol–water partition coefficient (Wildman–Crippen LogP) is 2.98. The number of hydrogen-bond donors (Lipinski definition) is 1. The molecule has 31 heavy (non-hydrogen) atoms. The fraction of sp³-hybridized carbons (Fsp3) is 0.381. The van der Waals surface area contributed by atoms with Crippen LogP contribution in [0.4, 0.5) is 0 Å². The Bertz CT molecular complexity index is 1160. The standard InChI is InChI=1S/C21H27N5O3S2/c1-15(2)25(3)31(28,29)17-9-7-8-16(14-17)21(27)22-18(11-13-30-4)20-24-23-19-10-5-6-12-26(19)20/h5-10,12,14-15,18H,11,13H2,1-4H3,(H,22,27). The molecule has 0 saturated carbocycles. The minimum Gasteiger partial charge on any atom is -0.342 e. The molecule has 1 amide bonds. The molecule has 1 unspecified atom stereocenters. The summed E-state index contributed by atoms with van der Waals surface area (Å²) in [7, 11) is -2.16. The third-order valence-electron chi connectivity index (χ3n) is 5.07. The molecule has 3 aromatic rings. The molecule has 2 heterocycles. The molecule has 8 nitrogen and oxygen atoms in total. The highest BCUT2D eigenvalue weighted by molar-refractivity contribution is 7.98. The zero-order valence-corrected chi connectivity index (χ0v) is 19.7. The van der Waals surface area contributed by atoms with Crippen LogP contribution >= 0.6 is 11.8 Å². The maximum Gasteiger partial charge on any atom is 0.251 e. The Hall–Kier alpha value is -2.43. The van der Waals surface area contributed by atoms with Gasteiger partial charge in [-0.1, -0.05) is 12.1 Å². The fourth-order valence-electron chi connectivity index (χ4n) is 3.08. The Balaban J connectivity index is 1.89. The van der Waals surface area contributed by atoms with Crippen molar-refractivity contribution in [2.45, 2.75) is 37.2 Å². The van der Waals surface area contributed by atoms with E-state index in [0.717, 1.165) is 5.75 Å². The lowest BCUT2D eigenvalue weighted by molar-refractivity contribution is 0.0933. The van der Waals surface area contributed by atoms with Crippen molar-refractivity contribution in [3.05, 3.63) is 60.0 Å². The minimum absolute atomic E-state index is 0.0879. The molecule has 0 spiro atoms. The summed E-state index contributed by atoms with van der Waals surface area (Å²) in [6.45, 7) is 3.60. The molecule has 1 aromatic carbocycles. The van der Waals surface area contributed by atoms with Crippen molar-refractivity contribution in [2.75, 3.05) is 19.1 Å². The van der Waals surface area contributed by atoms with E-state index in [-0.39, 0.29) is 28.4 Å². The number of sulfonamides is 1. The largest absolute Gasteiger partial charge is 0.342 e. The highest BCUT2D eigenvalue weighted by Crippen LogP contribution is 2.21. The number of pyridine rings is 1. The second-order valence-corrected chi connectivity index (χ2v) is 10.4. The number of hydrogen-bond acceptors (Lipinski definition) is 6. The van der Waals surface area contributed by atoms with E-state index in [4.69, 9.17) is 0 Å². The van der Waals surface area contributed by atoms with Crippen LogP contribution in [0.1, 0.15) is 42.5 Å². The van der Waals surface area contributed by atoms with Crippen molar-refractivity contribution < 1.29 is 13.2 Å². The van der Waals surface area contributed by atoms with Crippen molar-refractivity contribution >= 4 is 33.3 Å². The number of nitrogens with zero attached hydrogens (tertiary/aromatic N) is 4. The molecular formula is C21H27N5O3S2. The van der Waals surface area contributed by atoms with Crippen molar-refractivity contribution in [3.63, 3.8) is 0 Å². The molecule has 10 heteroatoms. The van der Waals surface area contributed by atoms with E-state index >= 15 is 0 Å². The zero-order chi connectivity index (χ0) is 22.6. The van der Waals surface area contributed by atoms with Crippen molar-refractivity contribution in [1.82, 2.24) is 24.2 Å². The molecular weight excluding hydrogens is 434 g/mol. The fourth-order valence-corrected chi connectivity index (χ4v) is 4.97. The molecule has 2 aromatic heterocycles. The number of carbonyl (C=O) groups is 1. The van der Waals surface area contributed by atoms with Gasteiger partial charge in [0.15, 0.2) is 11.5 Å². The lowest BCUT2D eigenvalue weighted by atomic mass is 10.1. The average Bonchev–Trinajstić information content (AvgIpc) is 3.20. The van der Waals surface area contributed by atoms with E-state index in [0.29, 0.717) is 17.9 Å². The summed E-state index contributed by atoms with van der Waals surface area (Å²) in [5.41, 5.74) is 0.979. The first kappa shape index (κ1) is 23.2. The average molecular weight is 462 g/mol. The quantitative estimate of drug-likeness (QED) is 0.526. The second-order valence-electron chi connectivity index (χ2n) is 7.44. The number of carbonyl (C=O) groups excluding carboxylic acids is 1. The Morgan fingerprint density at radius 2 is 1.97 bits per heavy atom. The van der Waals surface area contributed by atoms with Gasteiger partial charge in [-0.3, -0.25) is 9.20 Å². The van der Waals surface area contributed by atoms with Crippen LogP contribution in [0, 0.1) is 0 Å². The van der Waals surface area contributed by atoms with E-state index in [2.05, 4.69) is 15.5 Å². The van der Waals surface area contributed by atoms with Crippen LogP contribution in [-0.2, 0) is 10.0 Å². The van der Waals surface area contributed by atoms with Crippen LogP contribution in [0.5, 0.6) is 0 Å². The summed E-state index contributed by atoms with van der Waals surface area (Å²) >= 11 is 1.67. The van der Waals surface area contributed by atoms with Crippen molar-refractivity contribution in [1.29, 1.82) is 0 Å². The SMILES string of the molecule is CSCCC(NC(=O)c1cccc(S(=O)(=O)N(C)C(C)C)c1)c1nnc2ccccn12. The Morgan fingerprint density at radius 1 is 1.19 bits per heavy atom. The molecule has 0 bridgehead atoms. The maximum absolute atomic E-state index is 13.0. The topological polar surface area (TPSA) is 96.7 Å². The molecule has 1 atom stereocenters. The molecule has 0 aliphatic rings. The summed E-state index contributed by atoms with van der Waals surface area (Å²) < 4.78 is 28.8. The Labute approximate surface area is 187 Å². The molecule has 0 aliphatic heterocycles. The van der Waals surface area contributed by atoms with Crippen LogP contribution in [0.2, 0.25) is 0 Å². The number of aromatic nitrogens is 3. The summed E-state index contributed by atoms with van der Waals surface area (Å²) in [6, 6.07) is 11.2. The van der Waals surface area contributed by atoms with Gasteiger partial charge in [0.1, 0.15) is 0 Å². The van der Waals surface area contributed by atoms with Gasteiger partial charge >= 0.3 is 0 Å². The number of rotatable bonds is 9. The second kappa shape index (κ2) is 9.80. The normalized spacial score (nSPS) is 13.1. The number of benzene rings is 1. The molecule has 1 N–H and O–H groups in total. The van der Waals surface area contributed by atoms with Crippen molar-refractivity contribution in [3.8, 4) is 0 Å². The molecule has 3 rings (SSSR count). The number of nitrogens with one attached hydrogen (secondary N) is 1. The molecule has 166 valence electrons. The lowest BCUT2D eigenvalue weighted by Gasteiger charge is -2.21. The first-order valence-electron chi connectivity index (χ1n) is 9.93. The van der Waals surface area contributed by atoms with Crippen LogP contribution in [0.15, 0.2) is 53.6 Å². The van der Waals surface area contributed by atoms with Gasteiger partial charge in [0.2, 0.25) is 10.0 Å². The first-order valence-corrected chi connectivity index (χ1v) is 12.8. The van der Waals surface area contributed by atoms with E-state index < -0.39 is 10.0 Å². The van der Waals surface area contributed by atoms with Gasteiger partial charge in [0.25, 0.3) is 5.91 Å². The first-order chi connectivity index (χ1) is 14.8. The molecule has 0 saturated heterocycles. The molecule has 0 aliphatic carbocycles. The number of amides is 1. The van der Waals surface area contributed by atoms with E-state index in [1.54, 1.807) is 37.7 Å². The van der Waals surface area contributed by atoms with E-state index in [1.165, 1.54) is 23.5 Å². The van der Waals surface area contributed by atoms with Crippen molar-refractivity contribution in [2.24, 2.45) is 0 Å². The van der Waals surface area contributed by atoms with Gasteiger partial charge in [-0.2, -0.15) is 16.1 Å². The summed E-state index contributed by atoms with van der Waals surface area (Å²) in [4.78, 5) is 13.1. The van der Waals surface area contributed by atoms with E-state index in [9.17, 15) is 13.2 Å². The van der Waals surface area contributed by atoms with Gasteiger partial charge in [-0.15, -0.1) is 10.2 Å². The lowest BCUT2D eigenvalue weighted by Crippen LogP contribution is -2.33. The third-order valence-corrected chi connectivity index (χ3v) is 7.74. The number of fused-ring (bicyclic) bond motifs is 1. The Kier molecular flexibility index (Phi) is 7.34. The monoisotopic (exact) mass is 461 g/mol. The van der Waals surface area contributed by atoms with Gasteiger partial charge in [0.05, 0.1) is 10.9 Å². The maximum atomic E-state index is 13.0. The van der Waals surface area contributed by atoms with Gasteiger partial charge in [-0.25, -0.2) is 8.42 Å². The van der Waals surface area contributed by atoms with Crippen LogP contribution in [0.25, 0.3) is 5.65 Å². The van der Waals surface area contributed by atoms with Crippen LogP contribution in [-0.4, -0.2) is 58.3 Å². The number of thioether (sulfide) groups is 1. The van der Waals surface area contributed by atoms with Gasteiger partial charge in [-0.05, 0) is 62.6 Å². The minimum atomic E-state index is -3.69. The summed E-state index contributed by atoms with van der Waals surface area (Å²) in [6.07, 6.45) is 4.52. The smallest absolute Gasteiger partial charge is 0.251 e. The highest BCUT2D eigenvalue weighted by atomic mass is 32.2. The molecule has 0 radical (unpaired) electrons. The summed E-state index contributed by atoms with van der Waals surface area (Å²) in [5, 5.41) is 11.5. The zero-order valence-electron chi connectivity index (χ0n) is 18.0. The molecule has 0 fully saturated rings. The van der Waals surface area contributed by atoms with Crippen LogP contribution in [0.3, 0.4) is 0 Å². The highest BCUT2D eigenvalue weighted by Gasteiger charge is 2.25. The predicted molar refractivity (Wildman–Crippen MR) is 123 cm³/mol. The summed E-state index contributed by atoms with van der Waals surface area (Å²) in [5.74, 6) is 1.10. The third kappa shape index (κ3) is 5.08. The van der Waals surface area contributed by atoms with E-state index in [1.807, 2.05) is 35.1 Å².